The molecule has 1 rings (SSSR count). The number of nitrogens with one attached hydrogen (secondary N) is 1. The van der Waals surface area contributed by atoms with Gasteiger partial charge in [-0.1, -0.05) is 6.07 Å². The molecular weight excluding hydrogens is 260 g/mol. The number of hydrogen-bond acceptors (Lipinski definition) is 4. The first-order valence-electron chi connectivity index (χ1n) is 6.04. The Morgan fingerprint density at radius 3 is 2.65 bits per heavy atom. The Balaban J connectivity index is 2.64. The zero-order valence-corrected chi connectivity index (χ0v) is 11.7. The molecule has 1 heterocycles. The number of amides is 1. The second-order valence-electron chi connectivity index (χ2n) is 4.79. The van der Waals surface area contributed by atoms with Crippen LogP contribution in [0.25, 0.3) is 6.08 Å². The fourth-order valence-corrected chi connectivity index (χ4v) is 1.26. The van der Waals surface area contributed by atoms with Crippen LogP contribution in [0.2, 0.25) is 0 Å². The van der Waals surface area contributed by atoms with Gasteiger partial charge in [0, 0.05) is 25.9 Å². The highest BCUT2D eigenvalue weighted by atomic mass is 16.5. The smallest absolute Gasteiger partial charge is 0.328 e. The summed E-state index contributed by atoms with van der Waals surface area (Å²) in [6, 6.07) is 3.17. The fraction of sp³-hybridized carbons (Fsp3) is 0.357. The van der Waals surface area contributed by atoms with Gasteiger partial charge >= 0.3 is 5.97 Å². The van der Waals surface area contributed by atoms with Gasteiger partial charge in [0.2, 0.25) is 0 Å². The van der Waals surface area contributed by atoms with Crippen LogP contribution in [0.15, 0.2) is 24.4 Å². The van der Waals surface area contributed by atoms with E-state index in [1.807, 2.05) is 13.8 Å². The minimum Gasteiger partial charge on any atom is -0.478 e. The van der Waals surface area contributed by atoms with E-state index in [1.54, 1.807) is 13.2 Å². The topological polar surface area (TPSA) is 88.5 Å². The molecule has 0 aliphatic rings. The van der Waals surface area contributed by atoms with E-state index in [0.29, 0.717) is 12.1 Å². The standard InChI is InChI=1S/C14H18N2O4/c1-14(2,20-3)9-16-13(19)11-6-4-10(8-15-11)5-7-12(17)18/h4-8H,9H2,1-3H3,(H,16,19)(H,17,18)/b7-5+. The maximum Gasteiger partial charge on any atom is 0.328 e. The number of carbonyl (C=O) groups is 2. The van der Waals surface area contributed by atoms with Gasteiger partial charge in [-0.15, -0.1) is 0 Å². The van der Waals surface area contributed by atoms with Gasteiger partial charge in [0.15, 0.2) is 0 Å². The van der Waals surface area contributed by atoms with Crippen LogP contribution >= 0.6 is 0 Å². The van der Waals surface area contributed by atoms with Crippen LogP contribution in [0.5, 0.6) is 0 Å². The van der Waals surface area contributed by atoms with Gasteiger partial charge < -0.3 is 15.2 Å². The summed E-state index contributed by atoms with van der Waals surface area (Å²) in [6.45, 7) is 4.09. The van der Waals surface area contributed by atoms with Crippen LogP contribution in [-0.4, -0.2) is 41.2 Å². The lowest BCUT2D eigenvalue weighted by Gasteiger charge is -2.22. The predicted molar refractivity (Wildman–Crippen MR) is 74.3 cm³/mol. The number of pyridine rings is 1. The monoisotopic (exact) mass is 278 g/mol. The molecule has 0 saturated heterocycles. The predicted octanol–water partition coefficient (Wildman–Crippen LogP) is 1.33. The number of aliphatic carboxylic acids is 1. The minimum atomic E-state index is -1.03. The summed E-state index contributed by atoms with van der Waals surface area (Å²) < 4.78 is 5.20. The number of hydrogen-bond donors (Lipinski definition) is 2. The van der Waals surface area contributed by atoms with E-state index >= 15 is 0 Å². The average molecular weight is 278 g/mol. The number of carbonyl (C=O) groups excluding carboxylic acids is 1. The summed E-state index contributed by atoms with van der Waals surface area (Å²) in [7, 11) is 1.58. The molecule has 20 heavy (non-hydrogen) atoms. The Morgan fingerprint density at radius 1 is 1.45 bits per heavy atom. The summed E-state index contributed by atoms with van der Waals surface area (Å²) >= 11 is 0. The second kappa shape index (κ2) is 6.81. The van der Waals surface area contributed by atoms with Crippen LogP contribution in [0.1, 0.15) is 29.9 Å². The van der Waals surface area contributed by atoms with Gasteiger partial charge in [0.05, 0.1) is 5.60 Å². The number of ether oxygens (including phenoxy) is 1. The molecule has 0 bridgehead atoms. The molecule has 0 aromatic carbocycles. The van der Waals surface area contributed by atoms with Crippen molar-refractivity contribution in [1.29, 1.82) is 0 Å². The van der Waals surface area contributed by atoms with Crippen molar-refractivity contribution in [3.8, 4) is 0 Å². The lowest BCUT2D eigenvalue weighted by molar-refractivity contribution is -0.131. The summed E-state index contributed by atoms with van der Waals surface area (Å²) in [5, 5.41) is 11.2. The van der Waals surface area contributed by atoms with E-state index < -0.39 is 11.6 Å². The van der Waals surface area contributed by atoms with Crippen LogP contribution in [0.4, 0.5) is 0 Å². The van der Waals surface area contributed by atoms with Crippen LogP contribution in [-0.2, 0) is 9.53 Å². The van der Waals surface area contributed by atoms with Gasteiger partial charge in [-0.3, -0.25) is 9.78 Å². The molecule has 6 nitrogen and oxygen atoms in total. The molecule has 108 valence electrons. The lowest BCUT2D eigenvalue weighted by Crippen LogP contribution is -2.39. The highest BCUT2D eigenvalue weighted by Gasteiger charge is 2.18. The van der Waals surface area contributed by atoms with Crippen LogP contribution < -0.4 is 5.32 Å². The molecule has 0 aliphatic carbocycles. The molecule has 6 heteroatoms. The number of aromatic nitrogens is 1. The van der Waals surface area contributed by atoms with E-state index in [2.05, 4.69) is 10.3 Å². The van der Waals surface area contributed by atoms with Gasteiger partial charge in [0.25, 0.3) is 5.91 Å². The summed E-state index contributed by atoms with van der Waals surface area (Å²) in [5.41, 5.74) is 0.436. The Hall–Kier alpha value is -2.21. The minimum absolute atomic E-state index is 0.268. The first-order valence-corrected chi connectivity index (χ1v) is 6.04. The maximum absolute atomic E-state index is 11.8. The number of carboxylic acid groups (broad SMARTS) is 1. The number of methoxy groups -OCH3 is 1. The number of carboxylic acids is 1. The molecule has 0 unspecified atom stereocenters. The Labute approximate surface area is 117 Å². The van der Waals surface area contributed by atoms with Gasteiger partial charge in [0.1, 0.15) is 5.69 Å². The van der Waals surface area contributed by atoms with Crippen molar-refractivity contribution in [1.82, 2.24) is 10.3 Å². The molecule has 1 amide bonds. The highest BCUT2D eigenvalue weighted by Crippen LogP contribution is 2.06. The third kappa shape index (κ3) is 5.19. The third-order valence-corrected chi connectivity index (χ3v) is 2.66. The number of rotatable bonds is 6. The van der Waals surface area contributed by atoms with Crippen molar-refractivity contribution in [3.05, 3.63) is 35.7 Å². The Bertz CT molecular complexity index is 506. The maximum atomic E-state index is 11.8. The molecule has 1 aromatic heterocycles. The molecule has 0 fully saturated rings. The zero-order valence-electron chi connectivity index (χ0n) is 11.7. The Morgan fingerprint density at radius 2 is 2.15 bits per heavy atom. The Kier molecular flexibility index (Phi) is 5.40. The summed E-state index contributed by atoms with van der Waals surface area (Å²) in [4.78, 5) is 26.2. The SMILES string of the molecule is COC(C)(C)CNC(=O)c1ccc(/C=C/C(=O)O)cn1. The summed E-state index contributed by atoms with van der Waals surface area (Å²) in [5.74, 6) is -1.34. The molecule has 2 N–H and O–H groups in total. The van der Waals surface area contributed by atoms with Crippen molar-refractivity contribution >= 4 is 18.0 Å². The van der Waals surface area contributed by atoms with E-state index in [9.17, 15) is 9.59 Å². The van der Waals surface area contributed by atoms with Gasteiger partial charge in [-0.25, -0.2) is 4.79 Å². The fourth-order valence-electron chi connectivity index (χ4n) is 1.26. The van der Waals surface area contributed by atoms with Crippen molar-refractivity contribution in [2.24, 2.45) is 0 Å². The molecule has 0 spiro atoms. The molecule has 0 aliphatic heterocycles. The highest BCUT2D eigenvalue weighted by molar-refractivity contribution is 5.92. The van der Waals surface area contributed by atoms with Crippen molar-refractivity contribution < 1.29 is 19.4 Å². The normalized spacial score (nSPS) is 11.6. The second-order valence-corrected chi connectivity index (χ2v) is 4.79. The van der Waals surface area contributed by atoms with E-state index in [1.165, 1.54) is 18.3 Å². The van der Waals surface area contributed by atoms with Gasteiger partial charge in [-0.2, -0.15) is 0 Å². The first-order chi connectivity index (χ1) is 9.34. The van der Waals surface area contributed by atoms with Crippen LogP contribution in [0, 0.1) is 0 Å². The van der Waals surface area contributed by atoms with Crippen LogP contribution in [0.3, 0.4) is 0 Å². The quantitative estimate of drug-likeness (QED) is 0.766. The van der Waals surface area contributed by atoms with E-state index in [-0.39, 0.29) is 11.6 Å². The molecule has 1 aromatic rings. The van der Waals surface area contributed by atoms with Crippen molar-refractivity contribution in [2.45, 2.75) is 19.4 Å². The third-order valence-electron chi connectivity index (χ3n) is 2.66. The van der Waals surface area contributed by atoms with E-state index in [4.69, 9.17) is 9.84 Å². The van der Waals surface area contributed by atoms with Crippen molar-refractivity contribution in [2.75, 3.05) is 13.7 Å². The molecule has 0 saturated carbocycles. The zero-order chi connectivity index (χ0) is 15.2. The first kappa shape index (κ1) is 15.8. The molecule has 0 radical (unpaired) electrons. The van der Waals surface area contributed by atoms with Gasteiger partial charge in [-0.05, 0) is 31.6 Å². The van der Waals surface area contributed by atoms with E-state index in [0.717, 1.165) is 6.08 Å². The summed E-state index contributed by atoms with van der Waals surface area (Å²) in [6.07, 6.45) is 3.86. The largest absolute Gasteiger partial charge is 0.478 e. The molecular formula is C14H18N2O4. The lowest BCUT2D eigenvalue weighted by atomic mass is 10.1. The molecule has 0 atom stereocenters. The van der Waals surface area contributed by atoms with Crippen molar-refractivity contribution in [3.63, 3.8) is 0 Å². The average Bonchev–Trinajstić information content (AvgIpc) is 2.43. The number of nitrogens with zero attached hydrogens (tertiary/aromatic N) is 1.